The number of nitrogen functional groups attached to an aromatic ring is 1. The van der Waals surface area contributed by atoms with E-state index < -0.39 is 0 Å². The van der Waals surface area contributed by atoms with Gasteiger partial charge in [0.2, 0.25) is 0 Å². The lowest BCUT2D eigenvalue weighted by atomic mass is 10.2. The molecular weight excluding hydrogens is 260 g/mol. The van der Waals surface area contributed by atoms with E-state index in [1.807, 2.05) is 20.8 Å². The standard InChI is InChI=1S/C13H16N4OS/c1-4-11-8(3)19-13(16-11)17-12(18)9-6-15-7(2)5-10(9)14/h5-6H,4H2,1-3H3,(H2,14,15)(H,16,17,18). The number of hydrogen-bond acceptors (Lipinski definition) is 5. The molecule has 0 saturated heterocycles. The SMILES string of the molecule is CCc1nc(NC(=O)c2cnc(C)cc2N)sc1C. The molecular formula is C13H16N4OS. The zero-order valence-electron chi connectivity index (χ0n) is 11.2. The lowest BCUT2D eigenvalue weighted by Gasteiger charge is -2.05. The third-order valence-corrected chi connectivity index (χ3v) is 3.69. The smallest absolute Gasteiger partial charge is 0.261 e. The van der Waals surface area contributed by atoms with Gasteiger partial charge in [-0.25, -0.2) is 4.98 Å². The molecule has 1 amide bonds. The van der Waals surface area contributed by atoms with Crippen molar-refractivity contribution in [2.45, 2.75) is 27.2 Å². The predicted molar refractivity (Wildman–Crippen MR) is 77.6 cm³/mol. The number of nitrogens with two attached hydrogens (primary N) is 1. The van der Waals surface area contributed by atoms with Crippen LogP contribution in [0.5, 0.6) is 0 Å². The summed E-state index contributed by atoms with van der Waals surface area (Å²) in [6, 6.07) is 1.68. The van der Waals surface area contributed by atoms with Crippen molar-refractivity contribution in [3.8, 4) is 0 Å². The Kier molecular flexibility index (Phi) is 3.80. The Morgan fingerprint density at radius 3 is 2.79 bits per heavy atom. The normalized spacial score (nSPS) is 10.5. The maximum absolute atomic E-state index is 12.1. The van der Waals surface area contributed by atoms with Crippen LogP contribution in [0, 0.1) is 13.8 Å². The highest BCUT2D eigenvalue weighted by Crippen LogP contribution is 2.23. The van der Waals surface area contributed by atoms with Gasteiger partial charge >= 0.3 is 0 Å². The summed E-state index contributed by atoms with van der Waals surface area (Å²) in [6.07, 6.45) is 2.34. The number of hydrogen-bond donors (Lipinski definition) is 2. The molecule has 0 aliphatic heterocycles. The molecule has 0 spiro atoms. The zero-order valence-corrected chi connectivity index (χ0v) is 12.0. The number of nitrogens with one attached hydrogen (secondary N) is 1. The van der Waals surface area contributed by atoms with Gasteiger partial charge in [-0.2, -0.15) is 0 Å². The molecule has 0 unspecified atom stereocenters. The summed E-state index contributed by atoms with van der Waals surface area (Å²) in [6.45, 7) is 5.86. The van der Waals surface area contributed by atoms with Crippen LogP contribution < -0.4 is 11.1 Å². The fraction of sp³-hybridized carbons (Fsp3) is 0.308. The van der Waals surface area contributed by atoms with Gasteiger partial charge < -0.3 is 5.73 Å². The van der Waals surface area contributed by atoms with E-state index in [1.165, 1.54) is 17.5 Å². The summed E-state index contributed by atoms with van der Waals surface area (Å²) in [4.78, 5) is 21.7. The first kappa shape index (κ1) is 13.5. The number of aromatic nitrogens is 2. The van der Waals surface area contributed by atoms with Crippen LogP contribution in [0.3, 0.4) is 0 Å². The van der Waals surface area contributed by atoms with Crippen LogP contribution in [-0.4, -0.2) is 15.9 Å². The van der Waals surface area contributed by atoms with E-state index in [4.69, 9.17) is 5.73 Å². The van der Waals surface area contributed by atoms with Gasteiger partial charge in [-0.3, -0.25) is 15.1 Å². The summed E-state index contributed by atoms with van der Waals surface area (Å²) in [7, 11) is 0. The van der Waals surface area contributed by atoms with Crippen molar-refractivity contribution >= 4 is 28.1 Å². The first-order valence-electron chi connectivity index (χ1n) is 6.01. The minimum Gasteiger partial charge on any atom is -0.398 e. The Labute approximate surface area is 115 Å². The number of pyridine rings is 1. The Morgan fingerprint density at radius 1 is 1.47 bits per heavy atom. The van der Waals surface area contributed by atoms with E-state index in [0.717, 1.165) is 22.7 Å². The Hall–Kier alpha value is -1.95. The highest BCUT2D eigenvalue weighted by Gasteiger charge is 2.13. The number of amides is 1. The summed E-state index contributed by atoms with van der Waals surface area (Å²) >= 11 is 1.47. The second kappa shape index (κ2) is 5.36. The van der Waals surface area contributed by atoms with E-state index in [-0.39, 0.29) is 5.91 Å². The molecule has 0 radical (unpaired) electrons. The lowest BCUT2D eigenvalue weighted by Crippen LogP contribution is -2.14. The van der Waals surface area contributed by atoms with Crippen LogP contribution in [0.1, 0.15) is 33.5 Å². The van der Waals surface area contributed by atoms with Gasteiger partial charge in [0.05, 0.1) is 11.3 Å². The summed E-state index contributed by atoms with van der Waals surface area (Å²) in [5.41, 5.74) is 8.41. The molecule has 2 aromatic rings. The minimum atomic E-state index is -0.276. The van der Waals surface area contributed by atoms with E-state index in [9.17, 15) is 4.79 Å². The van der Waals surface area contributed by atoms with Crippen molar-refractivity contribution < 1.29 is 4.79 Å². The van der Waals surface area contributed by atoms with Gasteiger partial charge in [0.25, 0.3) is 5.91 Å². The molecule has 0 saturated carbocycles. The molecule has 0 aromatic carbocycles. The number of anilines is 2. The molecule has 6 heteroatoms. The van der Waals surface area contributed by atoms with Crippen LogP contribution >= 0.6 is 11.3 Å². The molecule has 2 aromatic heterocycles. The number of aryl methyl sites for hydroxylation is 3. The number of nitrogens with zero attached hydrogens (tertiary/aromatic N) is 2. The summed E-state index contributed by atoms with van der Waals surface area (Å²) < 4.78 is 0. The molecule has 2 rings (SSSR count). The van der Waals surface area contributed by atoms with Gasteiger partial charge in [-0.15, -0.1) is 11.3 Å². The molecule has 0 aliphatic carbocycles. The monoisotopic (exact) mass is 276 g/mol. The van der Waals surface area contributed by atoms with Crippen molar-refractivity contribution in [3.05, 3.63) is 34.1 Å². The third kappa shape index (κ3) is 2.90. The van der Waals surface area contributed by atoms with E-state index in [1.54, 1.807) is 6.07 Å². The number of thiazole rings is 1. The van der Waals surface area contributed by atoms with Crippen LogP contribution in [-0.2, 0) is 6.42 Å². The average molecular weight is 276 g/mol. The average Bonchev–Trinajstić information content (AvgIpc) is 2.69. The van der Waals surface area contributed by atoms with Crippen molar-refractivity contribution in [1.29, 1.82) is 0 Å². The second-order valence-corrected chi connectivity index (χ2v) is 5.45. The highest BCUT2D eigenvalue weighted by atomic mass is 32.1. The Bertz CT molecular complexity index is 621. The summed E-state index contributed by atoms with van der Waals surface area (Å²) in [5.74, 6) is -0.276. The second-order valence-electron chi connectivity index (χ2n) is 4.24. The van der Waals surface area contributed by atoms with Gasteiger partial charge in [-0.1, -0.05) is 6.92 Å². The number of carbonyl (C=O) groups excluding carboxylic acids is 1. The lowest BCUT2D eigenvalue weighted by molar-refractivity contribution is 0.102. The van der Waals surface area contributed by atoms with Crippen molar-refractivity contribution in [2.24, 2.45) is 0 Å². The molecule has 2 heterocycles. The van der Waals surface area contributed by atoms with Gasteiger partial charge in [0, 0.05) is 22.5 Å². The first-order chi connectivity index (χ1) is 9.01. The zero-order chi connectivity index (χ0) is 14.0. The molecule has 3 N–H and O–H groups in total. The van der Waals surface area contributed by atoms with E-state index in [0.29, 0.717) is 16.4 Å². The first-order valence-corrected chi connectivity index (χ1v) is 6.82. The van der Waals surface area contributed by atoms with Crippen molar-refractivity contribution in [2.75, 3.05) is 11.1 Å². The molecule has 100 valence electrons. The van der Waals surface area contributed by atoms with Crippen LogP contribution in [0.4, 0.5) is 10.8 Å². The van der Waals surface area contributed by atoms with Crippen molar-refractivity contribution in [1.82, 2.24) is 9.97 Å². The van der Waals surface area contributed by atoms with Gasteiger partial charge in [0.15, 0.2) is 5.13 Å². The largest absolute Gasteiger partial charge is 0.398 e. The number of carbonyl (C=O) groups is 1. The Balaban J connectivity index is 2.20. The van der Waals surface area contributed by atoms with Crippen molar-refractivity contribution in [3.63, 3.8) is 0 Å². The molecule has 0 aliphatic rings. The molecule has 0 bridgehead atoms. The quantitative estimate of drug-likeness (QED) is 0.902. The molecule has 19 heavy (non-hydrogen) atoms. The minimum absolute atomic E-state index is 0.276. The van der Waals surface area contributed by atoms with Gasteiger partial charge in [-0.05, 0) is 26.3 Å². The van der Waals surface area contributed by atoms with Gasteiger partial charge in [0.1, 0.15) is 0 Å². The van der Waals surface area contributed by atoms with Crippen LogP contribution in [0.15, 0.2) is 12.3 Å². The summed E-state index contributed by atoms with van der Waals surface area (Å²) in [5, 5.41) is 3.36. The predicted octanol–water partition coefficient (Wildman–Crippen LogP) is 2.55. The van der Waals surface area contributed by atoms with Crippen LogP contribution in [0.25, 0.3) is 0 Å². The van der Waals surface area contributed by atoms with Crippen LogP contribution in [0.2, 0.25) is 0 Å². The van der Waals surface area contributed by atoms with E-state index >= 15 is 0 Å². The maximum Gasteiger partial charge on any atom is 0.261 e. The molecule has 0 atom stereocenters. The Morgan fingerprint density at radius 2 is 2.21 bits per heavy atom. The maximum atomic E-state index is 12.1. The fourth-order valence-electron chi connectivity index (χ4n) is 1.74. The molecule has 5 nitrogen and oxygen atoms in total. The fourth-order valence-corrected chi connectivity index (χ4v) is 2.64. The topological polar surface area (TPSA) is 80.9 Å². The third-order valence-electron chi connectivity index (χ3n) is 2.77. The van der Waals surface area contributed by atoms with E-state index in [2.05, 4.69) is 15.3 Å². The number of rotatable bonds is 3. The highest BCUT2D eigenvalue weighted by molar-refractivity contribution is 7.15. The molecule has 0 fully saturated rings.